The number of carbonyl (C=O) groups excluding carboxylic acids is 1. The fourth-order valence-corrected chi connectivity index (χ4v) is 5.87. The average molecular weight is 564 g/mol. The number of hydrogen-bond donors (Lipinski definition) is 2. The van der Waals surface area contributed by atoms with Crippen molar-refractivity contribution in [2.75, 3.05) is 38.2 Å². The van der Waals surface area contributed by atoms with Crippen LogP contribution in [0.25, 0.3) is 10.9 Å². The SMILES string of the molecule is CNC(=O)C1C=C(CN(Cc2cn3c4c(c(F)c(F)cc4c2=O)OCC3)C2CCCN(c3cnccn3)C2)C=CN1. The highest BCUT2D eigenvalue weighted by Gasteiger charge is 2.30. The van der Waals surface area contributed by atoms with Crippen LogP contribution in [0.5, 0.6) is 5.75 Å². The van der Waals surface area contributed by atoms with E-state index in [2.05, 4.69) is 30.4 Å². The summed E-state index contributed by atoms with van der Waals surface area (Å²) < 4.78 is 36.2. The lowest BCUT2D eigenvalue weighted by atomic mass is 10.0. The van der Waals surface area contributed by atoms with Crippen LogP contribution in [0, 0.1) is 11.6 Å². The van der Waals surface area contributed by atoms with Crippen molar-refractivity contribution >= 4 is 22.6 Å². The number of aromatic nitrogens is 3. The molecule has 214 valence electrons. The highest BCUT2D eigenvalue weighted by molar-refractivity contribution is 5.86. The number of likely N-dealkylation sites (N-methyl/N-ethyl adjacent to an activating group) is 1. The van der Waals surface area contributed by atoms with E-state index in [1.54, 1.807) is 42.6 Å². The average Bonchev–Trinajstić information content (AvgIpc) is 3.01. The third-order valence-corrected chi connectivity index (χ3v) is 7.89. The number of dihydropyridines is 1. The van der Waals surface area contributed by atoms with Gasteiger partial charge in [-0.25, -0.2) is 9.37 Å². The van der Waals surface area contributed by atoms with Crippen LogP contribution in [0.2, 0.25) is 0 Å². The van der Waals surface area contributed by atoms with Gasteiger partial charge in [0.2, 0.25) is 11.7 Å². The monoisotopic (exact) mass is 563 g/mol. The van der Waals surface area contributed by atoms with Crippen molar-refractivity contribution in [2.24, 2.45) is 0 Å². The summed E-state index contributed by atoms with van der Waals surface area (Å²) in [5.41, 5.74) is 1.33. The van der Waals surface area contributed by atoms with Crippen molar-refractivity contribution in [3.63, 3.8) is 0 Å². The molecule has 6 rings (SSSR count). The molecule has 10 nitrogen and oxygen atoms in total. The number of pyridine rings is 1. The van der Waals surface area contributed by atoms with Gasteiger partial charge >= 0.3 is 0 Å². The number of nitrogens with one attached hydrogen (secondary N) is 2. The molecule has 2 unspecified atom stereocenters. The normalized spacial score (nSPS) is 20.0. The first-order valence-electron chi connectivity index (χ1n) is 13.7. The maximum atomic E-state index is 14.5. The Morgan fingerprint density at radius 2 is 2.15 bits per heavy atom. The van der Waals surface area contributed by atoms with Gasteiger partial charge in [-0.15, -0.1) is 0 Å². The standard InChI is InChI=1S/C29H31F2N7O3/c1-32-29(40)23-11-18(4-5-34-23)14-38(20-3-2-8-36(17-20)24-13-33-6-7-35-24)16-19-15-37-9-10-41-28-25(31)22(30)12-21(26(28)37)27(19)39/h4-7,11-13,15,20,23,34H,2-3,8-10,14,16-17H2,1H3,(H,32,40). The van der Waals surface area contributed by atoms with Gasteiger partial charge in [0.15, 0.2) is 17.0 Å². The summed E-state index contributed by atoms with van der Waals surface area (Å²) in [7, 11) is 1.59. The second kappa shape index (κ2) is 11.3. The van der Waals surface area contributed by atoms with E-state index in [4.69, 9.17) is 4.74 Å². The van der Waals surface area contributed by atoms with E-state index in [-0.39, 0.29) is 47.2 Å². The number of piperidine rings is 1. The topological polar surface area (TPSA) is 105 Å². The summed E-state index contributed by atoms with van der Waals surface area (Å²) in [6, 6.07) is 0.517. The number of carbonyl (C=O) groups is 1. The number of amides is 1. The van der Waals surface area contributed by atoms with Gasteiger partial charge in [-0.3, -0.25) is 19.5 Å². The predicted octanol–water partition coefficient (Wildman–Crippen LogP) is 2.09. The Bertz CT molecular complexity index is 1590. The second-order valence-electron chi connectivity index (χ2n) is 10.5. The van der Waals surface area contributed by atoms with Gasteiger partial charge in [0.05, 0.1) is 23.6 Å². The smallest absolute Gasteiger partial charge is 0.246 e. The van der Waals surface area contributed by atoms with Crippen molar-refractivity contribution in [1.82, 2.24) is 30.1 Å². The number of hydrogen-bond acceptors (Lipinski definition) is 8. The predicted molar refractivity (Wildman–Crippen MR) is 150 cm³/mol. The molecule has 1 amide bonds. The van der Waals surface area contributed by atoms with Crippen LogP contribution >= 0.6 is 0 Å². The Hall–Kier alpha value is -4.32. The molecule has 3 aromatic rings. The Labute approximate surface area is 235 Å². The Balaban J connectivity index is 1.37. The van der Waals surface area contributed by atoms with Crippen LogP contribution in [0.4, 0.5) is 14.6 Å². The molecule has 0 saturated carbocycles. The molecule has 2 N–H and O–H groups in total. The Morgan fingerprint density at radius 3 is 2.95 bits per heavy atom. The molecule has 41 heavy (non-hydrogen) atoms. The molecule has 0 aliphatic carbocycles. The van der Waals surface area contributed by atoms with E-state index in [0.29, 0.717) is 25.2 Å². The highest BCUT2D eigenvalue weighted by atomic mass is 19.2. The molecule has 2 aromatic heterocycles. The molecular weight excluding hydrogens is 532 g/mol. The lowest BCUT2D eigenvalue weighted by Gasteiger charge is -2.40. The maximum absolute atomic E-state index is 14.5. The quantitative estimate of drug-likeness (QED) is 0.451. The fraction of sp³-hybridized carbons (Fsp3) is 0.379. The minimum absolute atomic E-state index is 0.0497. The molecule has 0 bridgehead atoms. The molecule has 0 spiro atoms. The third kappa shape index (κ3) is 5.26. The summed E-state index contributed by atoms with van der Waals surface area (Å²) in [4.78, 5) is 39.1. The highest BCUT2D eigenvalue weighted by Crippen LogP contribution is 2.33. The van der Waals surface area contributed by atoms with E-state index in [1.807, 2.05) is 12.2 Å². The van der Waals surface area contributed by atoms with Gasteiger partial charge in [-0.05, 0) is 42.8 Å². The largest absolute Gasteiger partial charge is 0.486 e. The number of rotatable bonds is 7. The van der Waals surface area contributed by atoms with Crippen LogP contribution < -0.4 is 25.7 Å². The summed E-state index contributed by atoms with van der Waals surface area (Å²) in [6.45, 7) is 2.87. The van der Waals surface area contributed by atoms with E-state index in [9.17, 15) is 18.4 Å². The van der Waals surface area contributed by atoms with Crippen LogP contribution in [-0.2, 0) is 17.9 Å². The second-order valence-corrected chi connectivity index (χ2v) is 10.5. The fourth-order valence-electron chi connectivity index (χ4n) is 5.87. The minimum Gasteiger partial charge on any atom is -0.486 e. The van der Waals surface area contributed by atoms with Gasteiger partial charge in [-0.2, -0.15) is 4.39 Å². The molecule has 1 fully saturated rings. The van der Waals surface area contributed by atoms with Gasteiger partial charge in [-0.1, -0.05) is 0 Å². The number of ether oxygens (including phenoxy) is 1. The lowest BCUT2D eigenvalue weighted by Crippen LogP contribution is -2.49. The van der Waals surface area contributed by atoms with Crippen molar-refractivity contribution in [3.8, 4) is 5.75 Å². The number of benzene rings is 1. The van der Waals surface area contributed by atoms with E-state index in [0.717, 1.165) is 36.8 Å². The summed E-state index contributed by atoms with van der Waals surface area (Å²) in [5.74, 6) is -1.77. The molecule has 2 atom stereocenters. The first-order valence-corrected chi connectivity index (χ1v) is 13.7. The third-order valence-electron chi connectivity index (χ3n) is 7.89. The first-order chi connectivity index (χ1) is 19.9. The Morgan fingerprint density at radius 1 is 1.27 bits per heavy atom. The van der Waals surface area contributed by atoms with Gasteiger partial charge in [0.25, 0.3) is 0 Å². The van der Waals surface area contributed by atoms with Gasteiger partial charge in [0, 0.05) is 63.4 Å². The zero-order valence-electron chi connectivity index (χ0n) is 22.6. The van der Waals surface area contributed by atoms with E-state index < -0.39 is 17.7 Å². The van der Waals surface area contributed by atoms with Gasteiger partial charge in [0.1, 0.15) is 18.5 Å². The van der Waals surface area contributed by atoms with Crippen molar-refractivity contribution in [2.45, 2.75) is 38.0 Å². The lowest BCUT2D eigenvalue weighted by molar-refractivity contribution is -0.121. The van der Waals surface area contributed by atoms with Crippen molar-refractivity contribution in [1.29, 1.82) is 0 Å². The van der Waals surface area contributed by atoms with Crippen LogP contribution in [0.15, 0.2) is 59.6 Å². The van der Waals surface area contributed by atoms with Crippen LogP contribution in [-0.4, -0.2) is 70.7 Å². The molecular formula is C29H31F2N7O3. The minimum atomic E-state index is -1.11. The maximum Gasteiger partial charge on any atom is 0.246 e. The van der Waals surface area contributed by atoms with Crippen molar-refractivity contribution in [3.05, 3.63) is 82.2 Å². The number of anilines is 1. The summed E-state index contributed by atoms with van der Waals surface area (Å²) in [5, 5.41) is 5.82. The van der Waals surface area contributed by atoms with Gasteiger partial charge < -0.3 is 24.8 Å². The summed E-state index contributed by atoms with van der Waals surface area (Å²) in [6.07, 6.45) is 14.2. The summed E-state index contributed by atoms with van der Waals surface area (Å²) >= 11 is 0. The van der Waals surface area contributed by atoms with Crippen LogP contribution in [0.3, 0.4) is 0 Å². The van der Waals surface area contributed by atoms with Crippen LogP contribution in [0.1, 0.15) is 18.4 Å². The zero-order valence-corrected chi connectivity index (χ0v) is 22.6. The molecule has 5 heterocycles. The van der Waals surface area contributed by atoms with E-state index in [1.165, 1.54) is 0 Å². The molecule has 1 saturated heterocycles. The molecule has 12 heteroatoms. The zero-order chi connectivity index (χ0) is 28.5. The molecule has 0 radical (unpaired) electrons. The first kappa shape index (κ1) is 26.9. The van der Waals surface area contributed by atoms with Crippen molar-refractivity contribution < 1.29 is 18.3 Å². The Kier molecular flexibility index (Phi) is 7.39. The number of nitrogens with zero attached hydrogens (tertiary/aromatic N) is 5. The molecule has 1 aromatic carbocycles. The molecule has 3 aliphatic heterocycles. The van der Waals surface area contributed by atoms with E-state index >= 15 is 0 Å². The molecule has 3 aliphatic rings. The number of halogens is 2.